The molecular weight excluding hydrogens is 638 g/mol. The van der Waals surface area contributed by atoms with E-state index >= 15 is 0 Å². The van der Waals surface area contributed by atoms with Gasteiger partial charge in [-0.1, -0.05) is 33.8 Å². The Labute approximate surface area is 301 Å². The first-order chi connectivity index (χ1) is 23.2. The molecule has 0 bridgehead atoms. The Bertz CT molecular complexity index is 1260. The molecule has 2 N–H and O–H groups in total. The Morgan fingerprint density at radius 2 is 1.62 bits per heavy atom. The molecule has 11 heteroatoms. The maximum atomic E-state index is 13.9. The lowest BCUT2D eigenvalue weighted by Gasteiger charge is -2.37. The second kappa shape index (κ2) is 18.4. The highest BCUT2D eigenvalue weighted by Crippen LogP contribution is 2.42. The van der Waals surface area contributed by atoms with Gasteiger partial charge in [0.25, 0.3) is 0 Å². The van der Waals surface area contributed by atoms with Crippen molar-refractivity contribution in [3.63, 3.8) is 0 Å². The molecule has 0 aliphatic carbocycles. The first kappa shape index (κ1) is 43.1. The minimum Gasteiger partial charge on any atom is -0.493 e. The lowest BCUT2D eigenvalue weighted by molar-refractivity contribution is -0.132. The van der Waals surface area contributed by atoms with E-state index in [-0.39, 0.29) is 42.2 Å². The van der Waals surface area contributed by atoms with E-state index in [1.807, 2.05) is 60.6 Å². The Kier molecular flexibility index (Phi) is 15.9. The second-order valence-electron chi connectivity index (χ2n) is 16.4. The third kappa shape index (κ3) is 12.3. The topological polar surface area (TPSA) is 125 Å². The molecule has 0 unspecified atom stereocenters. The molecule has 0 radical (unpaired) electrons. The molecule has 0 saturated carbocycles. The second-order valence-corrected chi connectivity index (χ2v) is 16.4. The van der Waals surface area contributed by atoms with Crippen LogP contribution in [0.4, 0.5) is 4.79 Å². The van der Waals surface area contributed by atoms with Gasteiger partial charge in [-0.05, 0) is 103 Å². The van der Waals surface area contributed by atoms with Gasteiger partial charge < -0.3 is 34.3 Å². The fourth-order valence-electron chi connectivity index (χ4n) is 6.54. The van der Waals surface area contributed by atoms with Crippen molar-refractivity contribution < 1.29 is 38.1 Å². The van der Waals surface area contributed by atoms with Gasteiger partial charge >= 0.3 is 6.09 Å². The fourth-order valence-corrected chi connectivity index (χ4v) is 6.54. The van der Waals surface area contributed by atoms with Gasteiger partial charge in [0.1, 0.15) is 11.3 Å². The minimum absolute atomic E-state index is 0.0106. The molecule has 3 amide bonds. The number of rotatable bonds is 18. The lowest BCUT2D eigenvalue weighted by Crippen LogP contribution is -2.51. The van der Waals surface area contributed by atoms with Crippen molar-refractivity contribution in [1.82, 2.24) is 15.5 Å². The highest BCUT2D eigenvalue weighted by Gasteiger charge is 2.52. The molecule has 286 valence electrons. The summed E-state index contributed by atoms with van der Waals surface area (Å²) in [5, 5.41) is 5.71. The maximum Gasteiger partial charge on any atom is 0.412 e. The Morgan fingerprint density at radius 1 is 0.960 bits per heavy atom. The normalized spacial score (nSPS) is 18.9. The fraction of sp³-hybridized carbons (Fsp3) is 0.769. The van der Waals surface area contributed by atoms with Crippen LogP contribution in [0.1, 0.15) is 101 Å². The number of nitrogens with one attached hydrogen (secondary N) is 2. The van der Waals surface area contributed by atoms with Crippen LogP contribution in [0, 0.1) is 29.1 Å². The number of methoxy groups -OCH3 is 2. The van der Waals surface area contributed by atoms with Crippen molar-refractivity contribution in [3.8, 4) is 11.5 Å². The van der Waals surface area contributed by atoms with Crippen molar-refractivity contribution in [1.29, 1.82) is 0 Å². The summed E-state index contributed by atoms with van der Waals surface area (Å²) in [6.45, 7) is 22.7. The van der Waals surface area contributed by atoms with E-state index in [9.17, 15) is 14.4 Å². The van der Waals surface area contributed by atoms with Gasteiger partial charge in [-0.2, -0.15) is 0 Å². The molecule has 1 heterocycles. The quantitative estimate of drug-likeness (QED) is 0.164. The summed E-state index contributed by atoms with van der Waals surface area (Å²) in [5.41, 5.74) is -1.34. The van der Waals surface area contributed by atoms with Crippen molar-refractivity contribution in [2.75, 3.05) is 41.0 Å². The molecule has 50 heavy (non-hydrogen) atoms. The van der Waals surface area contributed by atoms with Crippen molar-refractivity contribution in [3.05, 3.63) is 23.8 Å². The van der Waals surface area contributed by atoms with E-state index in [1.165, 1.54) is 0 Å². The van der Waals surface area contributed by atoms with Crippen molar-refractivity contribution >= 4 is 17.9 Å². The van der Waals surface area contributed by atoms with E-state index in [0.29, 0.717) is 37.6 Å². The number of carbonyl (C=O) groups excluding carboxylic acids is 3. The third-order valence-electron chi connectivity index (χ3n) is 9.51. The van der Waals surface area contributed by atoms with Crippen LogP contribution in [0.15, 0.2) is 18.2 Å². The monoisotopic (exact) mass is 705 g/mol. The van der Waals surface area contributed by atoms with Crippen LogP contribution in [0.3, 0.4) is 0 Å². The standard InChI is InChI=1S/C39H67N3O8/c1-25(2)28(20-27-16-17-31(47-14)33(21-27)48-19-15-18-46-13)22-30-32(49-39(10,11)42(30)36(45)50-37(5,6)7)23-29(26(3)4)34(43)41-24-38(8,9)35(44)40-12/h16-17,21,25-26,28-30,32H,15,18-20,22-24H2,1-14H3,(H,40,44)(H,41,43)/t28-,29-,30-,32-/m0/s1. The van der Waals surface area contributed by atoms with Gasteiger partial charge in [0, 0.05) is 39.6 Å². The van der Waals surface area contributed by atoms with Gasteiger partial charge in [0.15, 0.2) is 11.5 Å². The number of carbonyl (C=O) groups is 3. The predicted octanol–water partition coefficient (Wildman–Crippen LogP) is 6.61. The zero-order valence-corrected chi connectivity index (χ0v) is 33.4. The molecule has 4 atom stereocenters. The highest BCUT2D eigenvalue weighted by atomic mass is 16.6. The maximum absolute atomic E-state index is 13.9. The van der Waals surface area contributed by atoms with Crippen molar-refractivity contribution in [2.45, 2.75) is 125 Å². The summed E-state index contributed by atoms with van der Waals surface area (Å²) >= 11 is 0. The Hall–Kier alpha value is -3.05. The van der Waals surface area contributed by atoms with E-state index < -0.39 is 34.9 Å². The van der Waals surface area contributed by atoms with Gasteiger partial charge in [0.05, 0.1) is 31.3 Å². The van der Waals surface area contributed by atoms with Crippen molar-refractivity contribution in [2.24, 2.45) is 29.1 Å². The summed E-state index contributed by atoms with van der Waals surface area (Å²) in [5.74, 6) is 1.08. The highest BCUT2D eigenvalue weighted by molar-refractivity contribution is 5.84. The van der Waals surface area contributed by atoms with Crippen LogP contribution in [-0.2, 0) is 30.2 Å². The molecule has 0 aromatic heterocycles. The first-order valence-corrected chi connectivity index (χ1v) is 18.2. The zero-order valence-electron chi connectivity index (χ0n) is 33.4. The molecule has 2 rings (SSSR count). The average molecular weight is 706 g/mol. The molecule has 1 aliphatic heterocycles. The molecule has 1 aliphatic rings. The molecule has 11 nitrogen and oxygen atoms in total. The number of hydrogen-bond acceptors (Lipinski definition) is 8. The van der Waals surface area contributed by atoms with Crippen LogP contribution in [0.5, 0.6) is 11.5 Å². The van der Waals surface area contributed by atoms with E-state index in [4.69, 9.17) is 23.7 Å². The smallest absolute Gasteiger partial charge is 0.412 e. The Balaban J connectivity index is 2.46. The number of amides is 3. The van der Waals surface area contributed by atoms with E-state index in [2.05, 4.69) is 30.5 Å². The van der Waals surface area contributed by atoms with Crippen LogP contribution in [0.25, 0.3) is 0 Å². The molecule has 1 aromatic carbocycles. The zero-order chi connectivity index (χ0) is 38.0. The lowest BCUT2D eigenvalue weighted by atomic mass is 9.80. The number of nitrogens with zero attached hydrogens (tertiary/aromatic N) is 1. The van der Waals surface area contributed by atoms with Crippen LogP contribution < -0.4 is 20.1 Å². The number of ether oxygens (including phenoxy) is 5. The summed E-state index contributed by atoms with van der Waals surface area (Å²) in [4.78, 5) is 41.8. The van der Waals surface area contributed by atoms with Gasteiger partial charge in [-0.15, -0.1) is 0 Å². The molecule has 0 spiro atoms. The molecule has 1 fully saturated rings. The Morgan fingerprint density at radius 3 is 2.16 bits per heavy atom. The van der Waals surface area contributed by atoms with E-state index in [1.54, 1.807) is 40.0 Å². The summed E-state index contributed by atoms with van der Waals surface area (Å²) in [6.07, 6.45) is 1.68. The van der Waals surface area contributed by atoms with Crippen LogP contribution in [0.2, 0.25) is 0 Å². The first-order valence-electron chi connectivity index (χ1n) is 18.2. The van der Waals surface area contributed by atoms with Crippen LogP contribution >= 0.6 is 0 Å². The van der Waals surface area contributed by atoms with Gasteiger partial charge in [0.2, 0.25) is 11.8 Å². The predicted molar refractivity (Wildman–Crippen MR) is 196 cm³/mol. The largest absolute Gasteiger partial charge is 0.493 e. The third-order valence-corrected chi connectivity index (χ3v) is 9.51. The van der Waals surface area contributed by atoms with Gasteiger partial charge in [-0.3, -0.25) is 14.5 Å². The van der Waals surface area contributed by atoms with E-state index in [0.717, 1.165) is 18.4 Å². The minimum atomic E-state index is -0.971. The molecule has 1 aromatic rings. The number of benzene rings is 1. The number of hydrogen-bond donors (Lipinski definition) is 2. The average Bonchev–Trinajstić information content (AvgIpc) is 3.27. The van der Waals surface area contributed by atoms with Gasteiger partial charge in [-0.25, -0.2) is 4.79 Å². The molecular formula is C39H67N3O8. The SMILES string of the molecule is CNC(=O)C(C)(C)CNC(=O)[C@@H](C[C@@H]1OC(C)(C)N(C(=O)OC(C)(C)C)[C@H]1C[C@H](Cc1ccc(OC)c(OCCCOC)c1)C(C)C)C(C)C. The summed E-state index contributed by atoms with van der Waals surface area (Å²) < 4.78 is 29.5. The summed E-state index contributed by atoms with van der Waals surface area (Å²) in [6, 6.07) is 5.69. The van der Waals surface area contributed by atoms with Crippen LogP contribution in [-0.4, -0.2) is 87.3 Å². The molecule has 1 saturated heterocycles. The summed E-state index contributed by atoms with van der Waals surface area (Å²) in [7, 11) is 4.90.